The lowest BCUT2D eigenvalue weighted by atomic mass is 9.96. The summed E-state index contributed by atoms with van der Waals surface area (Å²) in [6.07, 6.45) is 3.96. The first kappa shape index (κ1) is 25.3. The number of methoxy groups -OCH3 is 1. The van der Waals surface area contributed by atoms with Gasteiger partial charge in [0.2, 0.25) is 5.91 Å². The van der Waals surface area contributed by atoms with Gasteiger partial charge in [0.15, 0.2) is 0 Å². The van der Waals surface area contributed by atoms with Gasteiger partial charge in [-0.25, -0.2) is 9.78 Å². The highest BCUT2D eigenvalue weighted by Crippen LogP contribution is 2.37. The molecule has 1 unspecified atom stereocenters. The molecule has 1 aromatic carbocycles. The molecule has 10 heteroatoms. The number of benzene rings is 1. The average Bonchev–Trinajstić information content (AvgIpc) is 3.45. The summed E-state index contributed by atoms with van der Waals surface area (Å²) in [7, 11) is 1.61. The number of rotatable bonds is 8. The molecule has 3 heterocycles. The van der Waals surface area contributed by atoms with Crippen LogP contribution in [0.2, 0.25) is 0 Å². The standard InChI is InChI=1S/C26H29N5O4S/c1-17(19-6-4-5-7-22(19)34-3)14-24(32)29-25-21(15-27)20-8-10-31(16-23(20)36-25)26(33)35-13-12-30-11-9-28-18(30)2/h4-7,9,11,17H,8,10,12-14,16H2,1-3H3,(H,29,32). The Bertz CT molecular complexity index is 1290. The summed E-state index contributed by atoms with van der Waals surface area (Å²) in [5.74, 6) is 1.38. The van der Waals surface area contributed by atoms with E-state index in [1.54, 1.807) is 18.2 Å². The van der Waals surface area contributed by atoms with E-state index in [1.165, 1.54) is 11.3 Å². The molecular formula is C26H29N5O4S. The second-order valence-corrected chi connectivity index (χ2v) is 9.77. The van der Waals surface area contributed by atoms with E-state index in [4.69, 9.17) is 9.47 Å². The fraction of sp³-hybridized carbons (Fsp3) is 0.385. The number of carbonyl (C=O) groups is 2. The van der Waals surface area contributed by atoms with Crippen molar-refractivity contribution in [2.24, 2.45) is 0 Å². The summed E-state index contributed by atoms with van der Waals surface area (Å²) in [4.78, 5) is 32.1. The Morgan fingerprint density at radius 2 is 2.14 bits per heavy atom. The van der Waals surface area contributed by atoms with Crippen molar-refractivity contribution in [2.45, 2.75) is 45.7 Å². The summed E-state index contributed by atoms with van der Waals surface area (Å²) >= 11 is 1.35. The molecule has 9 nitrogen and oxygen atoms in total. The molecule has 1 aliphatic rings. The number of aromatic nitrogens is 2. The normalized spacial score (nSPS) is 13.4. The third kappa shape index (κ3) is 5.52. The minimum absolute atomic E-state index is 0.0577. The Hall–Kier alpha value is -3.84. The van der Waals surface area contributed by atoms with Crippen LogP contribution in [-0.4, -0.2) is 46.7 Å². The number of nitriles is 1. The maximum absolute atomic E-state index is 12.8. The molecule has 0 saturated heterocycles. The van der Waals surface area contributed by atoms with Crippen LogP contribution in [0.5, 0.6) is 5.75 Å². The lowest BCUT2D eigenvalue weighted by molar-refractivity contribution is -0.116. The first-order valence-corrected chi connectivity index (χ1v) is 12.6. The van der Waals surface area contributed by atoms with Crippen molar-refractivity contribution < 1.29 is 19.1 Å². The topological polar surface area (TPSA) is 109 Å². The molecular weight excluding hydrogens is 478 g/mol. The van der Waals surface area contributed by atoms with Crippen LogP contribution >= 0.6 is 11.3 Å². The lowest BCUT2D eigenvalue weighted by Gasteiger charge is -2.26. The molecule has 0 fully saturated rings. The number of carbonyl (C=O) groups excluding carboxylic acids is 2. The van der Waals surface area contributed by atoms with Crippen molar-refractivity contribution in [3.8, 4) is 11.8 Å². The zero-order valence-corrected chi connectivity index (χ0v) is 21.4. The first-order chi connectivity index (χ1) is 17.4. The van der Waals surface area contributed by atoms with Crippen molar-refractivity contribution in [1.29, 1.82) is 5.26 Å². The zero-order chi connectivity index (χ0) is 25.7. The number of hydrogen-bond acceptors (Lipinski definition) is 7. The summed E-state index contributed by atoms with van der Waals surface area (Å²) in [6, 6.07) is 9.88. The molecule has 4 rings (SSSR count). The molecule has 0 spiro atoms. The molecule has 0 saturated carbocycles. The number of imidazole rings is 1. The van der Waals surface area contributed by atoms with Crippen molar-refractivity contribution in [3.05, 3.63) is 64.1 Å². The molecule has 3 aromatic rings. The van der Waals surface area contributed by atoms with Crippen LogP contribution in [0.3, 0.4) is 0 Å². The molecule has 0 bridgehead atoms. The Kier molecular flexibility index (Phi) is 7.90. The number of hydrogen-bond donors (Lipinski definition) is 1. The highest BCUT2D eigenvalue weighted by Gasteiger charge is 2.28. The van der Waals surface area contributed by atoms with Gasteiger partial charge in [0.1, 0.15) is 29.3 Å². The molecule has 1 aliphatic heterocycles. The lowest BCUT2D eigenvalue weighted by Crippen LogP contribution is -2.36. The molecule has 2 aromatic heterocycles. The first-order valence-electron chi connectivity index (χ1n) is 11.8. The molecule has 0 aliphatic carbocycles. The van der Waals surface area contributed by atoms with Crippen molar-refractivity contribution in [2.75, 3.05) is 25.6 Å². The van der Waals surface area contributed by atoms with Gasteiger partial charge in [0.05, 0.1) is 25.8 Å². The predicted molar refractivity (Wildman–Crippen MR) is 136 cm³/mol. The quantitative estimate of drug-likeness (QED) is 0.482. The van der Waals surface area contributed by atoms with Crippen LogP contribution in [0.1, 0.15) is 46.7 Å². The second kappa shape index (κ2) is 11.3. The smallest absolute Gasteiger partial charge is 0.410 e. The second-order valence-electron chi connectivity index (χ2n) is 8.67. The zero-order valence-electron chi connectivity index (χ0n) is 20.6. The average molecular weight is 508 g/mol. The van der Waals surface area contributed by atoms with Crippen molar-refractivity contribution in [1.82, 2.24) is 14.5 Å². The highest BCUT2D eigenvalue weighted by molar-refractivity contribution is 7.16. The summed E-state index contributed by atoms with van der Waals surface area (Å²) < 4.78 is 12.8. The van der Waals surface area contributed by atoms with E-state index in [1.807, 2.05) is 48.9 Å². The Morgan fingerprint density at radius 1 is 1.33 bits per heavy atom. The van der Waals surface area contributed by atoms with Gasteiger partial charge >= 0.3 is 6.09 Å². The number of ether oxygens (including phenoxy) is 2. The molecule has 36 heavy (non-hydrogen) atoms. The van der Waals surface area contributed by atoms with Gasteiger partial charge in [-0.1, -0.05) is 25.1 Å². The van der Waals surface area contributed by atoms with E-state index in [0.717, 1.165) is 27.6 Å². The monoisotopic (exact) mass is 507 g/mol. The molecule has 188 valence electrons. The minimum Gasteiger partial charge on any atom is -0.496 e. The highest BCUT2D eigenvalue weighted by atomic mass is 32.1. The SMILES string of the molecule is COc1ccccc1C(C)CC(=O)Nc1sc2c(c1C#N)CCN(C(=O)OCCn1ccnc1C)C2. The van der Waals surface area contributed by atoms with Gasteiger partial charge in [-0.2, -0.15) is 5.26 Å². The summed E-state index contributed by atoms with van der Waals surface area (Å²) in [6.45, 7) is 5.47. The summed E-state index contributed by atoms with van der Waals surface area (Å²) in [5, 5.41) is 13.2. The number of anilines is 1. The van der Waals surface area contributed by atoms with Crippen LogP contribution in [-0.2, 0) is 29.0 Å². The Labute approximate surface area is 214 Å². The number of fused-ring (bicyclic) bond motifs is 1. The van der Waals surface area contributed by atoms with Gasteiger partial charge < -0.3 is 24.3 Å². The maximum Gasteiger partial charge on any atom is 0.410 e. The van der Waals surface area contributed by atoms with E-state index in [9.17, 15) is 14.9 Å². The van der Waals surface area contributed by atoms with Gasteiger partial charge in [0, 0.05) is 30.2 Å². The van der Waals surface area contributed by atoms with Gasteiger partial charge in [-0.15, -0.1) is 11.3 Å². The van der Waals surface area contributed by atoms with Crippen molar-refractivity contribution in [3.63, 3.8) is 0 Å². The van der Waals surface area contributed by atoms with Crippen LogP contribution in [0.15, 0.2) is 36.7 Å². The number of para-hydroxylation sites is 1. The van der Waals surface area contributed by atoms with E-state index in [0.29, 0.717) is 36.6 Å². The Morgan fingerprint density at radius 3 is 2.86 bits per heavy atom. The fourth-order valence-electron chi connectivity index (χ4n) is 4.37. The van der Waals surface area contributed by atoms with E-state index in [-0.39, 0.29) is 30.9 Å². The molecule has 2 amide bonds. The van der Waals surface area contributed by atoms with Gasteiger partial charge in [0.25, 0.3) is 0 Å². The van der Waals surface area contributed by atoms with E-state index >= 15 is 0 Å². The number of nitrogens with zero attached hydrogens (tertiary/aromatic N) is 4. The maximum atomic E-state index is 12.8. The van der Waals surface area contributed by atoms with Gasteiger partial charge in [-0.3, -0.25) is 4.79 Å². The molecule has 1 atom stereocenters. The molecule has 0 radical (unpaired) electrons. The Balaban J connectivity index is 1.37. The van der Waals surface area contributed by atoms with Crippen molar-refractivity contribution >= 4 is 28.3 Å². The number of amides is 2. The largest absolute Gasteiger partial charge is 0.496 e. The predicted octanol–water partition coefficient (Wildman–Crippen LogP) is 4.46. The van der Waals surface area contributed by atoms with Crippen LogP contribution in [0.25, 0.3) is 0 Å². The number of nitrogens with one attached hydrogen (secondary N) is 1. The summed E-state index contributed by atoms with van der Waals surface area (Å²) in [5.41, 5.74) is 2.34. The minimum atomic E-state index is -0.387. The third-order valence-electron chi connectivity index (χ3n) is 6.32. The number of thiophene rings is 1. The molecule has 1 N–H and O–H groups in total. The van der Waals surface area contributed by atoms with Crippen LogP contribution in [0.4, 0.5) is 9.80 Å². The van der Waals surface area contributed by atoms with Crippen LogP contribution in [0, 0.1) is 18.3 Å². The van der Waals surface area contributed by atoms with E-state index < -0.39 is 0 Å². The van der Waals surface area contributed by atoms with Gasteiger partial charge in [-0.05, 0) is 36.5 Å². The third-order valence-corrected chi connectivity index (χ3v) is 7.45. The fourth-order valence-corrected chi connectivity index (χ4v) is 5.60. The van der Waals surface area contributed by atoms with Crippen LogP contribution < -0.4 is 10.1 Å². The van der Waals surface area contributed by atoms with E-state index in [2.05, 4.69) is 16.4 Å². The number of aryl methyl sites for hydroxylation is 1.